The second-order valence-electron chi connectivity index (χ2n) is 5.81. The molecule has 0 aliphatic carbocycles. The molecule has 1 aromatic heterocycles. The van der Waals surface area contributed by atoms with E-state index in [1.807, 2.05) is 17.1 Å². The minimum absolute atomic E-state index is 0.666. The lowest BCUT2D eigenvalue weighted by atomic mass is 9.86. The summed E-state index contributed by atoms with van der Waals surface area (Å²) in [5, 5.41) is 15.0. The van der Waals surface area contributed by atoms with Gasteiger partial charge in [-0.2, -0.15) is 5.10 Å². The van der Waals surface area contributed by atoms with Gasteiger partial charge in [0.15, 0.2) is 0 Å². The average Bonchev–Trinajstić information content (AvgIpc) is 2.81. The Kier molecular flexibility index (Phi) is 4.07. The average molecular weight is 251 g/mol. The molecule has 0 unspecified atom stereocenters. The fraction of sp³-hybridized carbons (Fsp3) is 0.786. The third-order valence-corrected chi connectivity index (χ3v) is 3.80. The molecule has 1 saturated heterocycles. The first-order valence-electron chi connectivity index (χ1n) is 7.01. The molecule has 2 rings (SSSR count). The Hall–Kier alpha value is -0.870. The SMILES string of the molecule is CCn1cc(C2(O)CCN(CC(C)C)CC2)cn1. The van der Waals surface area contributed by atoms with Gasteiger partial charge in [0.2, 0.25) is 0 Å². The van der Waals surface area contributed by atoms with Crippen molar-refractivity contribution in [3.63, 3.8) is 0 Å². The fourth-order valence-electron chi connectivity index (χ4n) is 2.69. The highest BCUT2D eigenvalue weighted by molar-refractivity contribution is 5.16. The quantitative estimate of drug-likeness (QED) is 0.888. The number of aromatic nitrogens is 2. The highest BCUT2D eigenvalue weighted by Crippen LogP contribution is 2.32. The van der Waals surface area contributed by atoms with E-state index in [9.17, 15) is 5.11 Å². The van der Waals surface area contributed by atoms with Crippen molar-refractivity contribution in [1.29, 1.82) is 0 Å². The standard InChI is InChI=1S/C14H25N3O/c1-4-17-11-13(9-15-17)14(18)5-7-16(8-6-14)10-12(2)3/h9,11-12,18H,4-8,10H2,1-3H3. The van der Waals surface area contributed by atoms with E-state index in [4.69, 9.17) is 0 Å². The van der Waals surface area contributed by atoms with Crippen LogP contribution in [0.25, 0.3) is 0 Å². The van der Waals surface area contributed by atoms with Gasteiger partial charge >= 0.3 is 0 Å². The molecule has 18 heavy (non-hydrogen) atoms. The minimum Gasteiger partial charge on any atom is -0.385 e. The van der Waals surface area contributed by atoms with Gasteiger partial charge in [-0.05, 0) is 25.7 Å². The molecule has 0 bridgehead atoms. The molecule has 4 heteroatoms. The van der Waals surface area contributed by atoms with Crippen LogP contribution in [0, 0.1) is 5.92 Å². The second-order valence-corrected chi connectivity index (χ2v) is 5.81. The molecule has 1 N–H and O–H groups in total. The van der Waals surface area contributed by atoms with E-state index in [0.717, 1.165) is 44.6 Å². The van der Waals surface area contributed by atoms with Gasteiger partial charge in [-0.25, -0.2) is 0 Å². The number of aryl methyl sites for hydroxylation is 1. The molecule has 4 nitrogen and oxygen atoms in total. The molecule has 0 aromatic carbocycles. The lowest BCUT2D eigenvalue weighted by molar-refractivity contribution is -0.0280. The highest BCUT2D eigenvalue weighted by Gasteiger charge is 2.34. The van der Waals surface area contributed by atoms with E-state index in [0.29, 0.717) is 5.92 Å². The molecule has 1 fully saturated rings. The number of piperidine rings is 1. The van der Waals surface area contributed by atoms with Crippen LogP contribution in [0.4, 0.5) is 0 Å². The zero-order valence-corrected chi connectivity index (χ0v) is 11.8. The number of nitrogens with zero attached hydrogens (tertiary/aromatic N) is 3. The lowest BCUT2D eigenvalue weighted by Crippen LogP contribution is -2.43. The molecular weight excluding hydrogens is 226 g/mol. The van der Waals surface area contributed by atoms with Crippen molar-refractivity contribution in [2.24, 2.45) is 5.92 Å². The van der Waals surface area contributed by atoms with Crippen LogP contribution in [0.15, 0.2) is 12.4 Å². The van der Waals surface area contributed by atoms with Crippen LogP contribution >= 0.6 is 0 Å². The Bertz CT molecular complexity index is 378. The Balaban J connectivity index is 1.98. The van der Waals surface area contributed by atoms with Crippen LogP contribution < -0.4 is 0 Å². The van der Waals surface area contributed by atoms with Gasteiger partial charge in [-0.3, -0.25) is 4.68 Å². The van der Waals surface area contributed by atoms with Crippen molar-refractivity contribution in [2.45, 2.75) is 45.8 Å². The first kappa shape index (κ1) is 13.6. The van der Waals surface area contributed by atoms with Crippen LogP contribution in [0.2, 0.25) is 0 Å². The zero-order valence-electron chi connectivity index (χ0n) is 11.8. The second kappa shape index (κ2) is 5.41. The normalized spacial score (nSPS) is 20.5. The number of aliphatic hydroxyl groups is 1. The van der Waals surface area contributed by atoms with E-state index in [1.165, 1.54) is 0 Å². The summed E-state index contributed by atoms with van der Waals surface area (Å²) >= 11 is 0. The Morgan fingerprint density at radius 3 is 2.56 bits per heavy atom. The zero-order chi connectivity index (χ0) is 13.2. The largest absolute Gasteiger partial charge is 0.385 e. The summed E-state index contributed by atoms with van der Waals surface area (Å²) in [4.78, 5) is 2.45. The third kappa shape index (κ3) is 2.93. The predicted molar refractivity (Wildman–Crippen MR) is 72.3 cm³/mol. The highest BCUT2D eigenvalue weighted by atomic mass is 16.3. The van der Waals surface area contributed by atoms with Crippen molar-refractivity contribution in [1.82, 2.24) is 14.7 Å². The van der Waals surface area contributed by atoms with Crippen molar-refractivity contribution in [3.05, 3.63) is 18.0 Å². The third-order valence-electron chi connectivity index (χ3n) is 3.80. The maximum absolute atomic E-state index is 10.7. The van der Waals surface area contributed by atoms with E-state index in [-0.39, 0.29) is 0 Å². The van der Waals surface area contributed by atoms with Crippen LogP contribution in [0.3, 0.4) is 0 Å². The number of hydrogen-bond acceptors (Lipinski definition) is 3. The van der Waals surface area contributed by atoms with Gasteiger partial charge < -0.3 is 10.0 Å². The molecule has 0 spiro atoms. The Morgan fingerprint density at radius 1 is 1.39 bits per heavy atom. The molecule has 0 atom stereocenters. The van der Waals surface area contributed by atoms with E-state index in [1.54, 1.807) is 0 Å². The number of likely N-dealkylation sites (tertiary alicyclic amines) is 1. The van der Waals surface area contributed by atoms with Gasteiger partial charge in [0, 0.05) is 37.9 Å². The lowest BCUT2D eigenvalue weighted by Gasteiger charge is -2.38. The molecule has 2 heterocycles. The van der Waals surface area contributed by atoms with Gasteiger partial charge in [-0.1, -0.05) is 13.8 Å². The molecule has 0 amide bonds. The molecule has 102 valence electrons. The minimum atomic E-state index is -0.666. The molecule has 1 aliphatic heterocycles. The smallest absolute Gasteiger partial charge is 0.0951 e. The van der Waals surface area contributed by atoms with Crippen LogP contribution in [0.1, 0.15) is 39.2 Å². The van der Waals surface area contributed by atoms with Crippen molar-refractivity contribution in [2.75, 3.05) is 19.6 Å². The molecule has 0 radical (unpaired) electrons. The van der Waals surface area contributed by atoms with Gasteiger partial charge in [0.1, 0.15) is 0 Å². The summed E-state index contributed by atoms with van der Waals surface area (Å²) < 4.78 is 1.88. The summed E-state index contributed by atoms with van der Waals surface area (Å²) in [6, 6.07) is 0. The van der Waals surface area contributed by atoms with Crippen molar-refractivity contribution in [3.8, 4) is 0 Å². The molecular formula is C14H25N3O. The fourth-order valence-corrected chi connectivity index (χ4v) is 2.69. The maximum Gasteiger partial charge on any atom is 0.0951 e. The van der Waals surface area contributed by atoms with Crippen molar-refractivity contribution < 1.29 is 5.11 Å². The molecule has 1 aliphatic rings. The first-order chi connectivity index (χ1) is 8.53. The van der Waals surface area contributed by atoms with E-state index >= 15 is 0 Å². The van der Waals surface area contributed by atoms with Gasteiger partial charge in [-0.15, -0.1) is 0 Å². The summed E-state index contributed by atoms with van der Waals surface area (Å²) in [7, 11) is 0. The van der Waals surface area contributed by atoms with E-state index in [2.05, 4.69) is 30.8 Å². The van der Waals surface area contributed by atoms with Gasteiger partial charge in [0.25, 0.3) is 0 Å². The first-order valence-corrected chi connectivity index (χ1v) is 7.01. The monoisotopic (exact) mass is 251 g/mol. The summed E-state index contributed by atoms with van der Waals surface area (Å²) in [6.07, 6.45) is 5.43. The summed E-state index contributed by atoms with van der Waals surface area (Å²) in [5.41, 5.74) is 0.314. The van der Waals surface area contributed by atoms with Crippen LogP contribution in [-0.2, 0) is 12.1 Å². The predicted octanol–water partition coefficient (Wildman–Crippen LogP) is 1.84. The molecule has 0 saturated carbocycles. The summed E-state index contributed by atoms with van der Waals surface area (Å²) in [5.74, 6) is 0.694. The van der Waals surface area contributed by atoms with Crippen LogP contribution in [0.5, 0.6) is 0 Å². The topological polar surface area (TPSA) is 41.3 Å². The number of hydrogen-bond donors (Lipinski definition) is 1. The number of rotatable bonds is 4. The maximum atomic E-state index is 10.7. The Labute approximate surface area is 110 Å². The Morgan fingerprint density at radius 2 is 2.06 bits per heavy atom. The van der Waals surface area contributed by atoms with Crippen LogP contribution in [-0.4, -0.2) is 39.4 Å². The summed E-state index contributed by atoms with van der Waals surface area (Å²) in [6.45, 7) is 10.5. The van der Waals surface area contributed by atoms with Crippen molar-refractivity contribution >= 4 is 0 Å². The van der Waals surface area contributed by atoms with Gasteiger partial charge in [0.05, 0.1) is 11.8 Å². The molecule has 1 aromatic rings. The van der Waals surface area contributed by atoms with E-state index < -0.39 is 5.60 Å².